The second-order valence-corrected chi connectivity index (χ2v) is 3.11. The van der Waals surface area contributed by atoms with Gasteiger partial charge in [0.15, 0.2) is 0 Å². The molecule has 0 aliphatic rings. The number of nitro groups is 1. The number of imidazole rings is 1. The normalized spacial score (nSPS) is 9.92. The van der Waals surface area contributed by atoms with Crippen molar-refractivity contribution < 1.29 is 4.92 Å². The van der Waals surface area contributed by atoms with Crippen LogP contribution in [-0.2, 0) is 6.54 Å². The van der Waals surface area contributed by atoms with Crippen molar-refractivity contribution in [3.8, 4) is 0 Å². The molecule has 0 unspecified atom stereocenters. The van der Waals surface area contributed by atoms with Gasteiger partial charge in [-0.05, 0) is 16.3 Å². The molecule has 0 aromatic carbocycles. The van der Waals surface area contributed by atoms with Crippen LogP contribution in [0.4, 0.5) is 5.82 Å². The summed E-state index contributed by atoms with van der Waals surface area (Å²) in [5.41, 5.74) is 0. The highest BCUT2D eigenvalue weighted by atomic mass is 79.9. The van der Waals surface area contributed by atoms with E-state index < -0.39 is 4.92 Å². The molecule has 0 saturated heterocycles. The number of halogens is 1. The van der Waals surface area contributed by atoms with Gasteiger partial charge in [0.25, 0.3) is 4.73 Å². The molecular formula is C7H8BrN3O2. The average Bonchev–Trinajstić information content (AvgIpc) is 2.44. The molecule has 13 heavy (non-hydrogen) atoms. The third-order valence-electron chi connectivity index (χ3n) is 1.48. The van der Waals surface area contributed by atoms with Crippen molar-refractivity contribution in [2.45, 2.75) is 13.0 Å². The average molecular weight is 246 g/mol. The summed E-state index contributed by atoms with van der Waals surface area (Å²) in [4.78, 5) is 13.5. The van der Waals surface area contributed by atoms with Gasteiger partial charge in [-0.15, -0.1) is 6.58 Å². The predicted octanol–water partition coefficient (Wildman–Crippen LogP) is 2.13. The predicted molar refractivity (Wildman–Crippen MR) is 51.4 cm³/mol. The first kappa shape index (κ1) is 9.91. The Bertz CT molecular complexity index is 334. The van der Waals surface area contributed by atoms with Crippen LogP contribution in [0, 0.1) is 10.1 Å². The Hall–Kier alpha value is -1.17. The summed E-state index contributed by atoms with van der Waals surface area (Å²) in [6.07, 6.45) is 3.90. The zero-order valence-corrected chi connectivity index (χ0v) is 8.40. The quantitative estimate of drug-likeness (QED) is 0.464. The largest absolute Gasteiger partial charge is 0.382 e. The number of hydrogen-bond donors (Lipinski definition) is 0. The lowest BCUT2D eigenvalue weighted by atomic mass is 10.4. The van der Waals surface area contributed by atoms with E-state index in [1.54, 1.807) is 10.6 Å². The third-order valence-corrected chi connectivity index (χ3v) is 2.11. The summed E-state index contributed by atoms with van der Waals surface area (Å²) in [5, 5.41) is 10.3. The molecule has 1 rings (SSSR count). The number of aryl methyl sites for hydroxylation is 1. The zero-order chi connectivity index (χ0) is 9.84. The van der Waals surface area contributed by atoms with Gasteiger partial charge < -0.3 is 10.1 Å². The van der Waals surface area contributed by atoms with Crippen LogP contribution in [0.15, 0.2) is 23.6 Å². The van der Waals surface area contributed by atoms with E-state index in [9.17, 15) is 10.1 Å². The van der Waals surface area contributed by atoms with E-state index in [4.69, 9.17) is 0 Å². The van der Waals surface area contributed by atoms with Crippen molar-refractivity contribution in [2.24, 2.45) is 0 Å². The fourth-order valence-corrected chi connectivity index (χ4v) is 1.32. The molecule has 0 bridgehead atoms. The van der Waals surface area contributed by atoms with Gasteiger partial charge in [0.2, 0.25) is 0 Å². The van der Waals surface area contributed by atoms with Crippen molar-refractivity contribution in [2.75, 3.05) is 0 Å². The first-order valence-corrected chi connectivity index (χ1v) is 4.42. The van der Waals surface area contributed by atoms with E-state index in [1.165, 1.54) is 6.20 Å². The second-order valence-electron chi connectivity index (χ2n) is 2.40. The Morgan fingerprint density at radius 1 is 1.85 bits per heavy atom. The van der Waals surface area contributed by atoms with Gasteiger partial charge in [-0.2, -0.15) is 0 Å². The van der Waals surface area contributed by atoms with Crippen LogP contribution in [-0.4, -0.2) is 14.5 Å². The van der Waals surface area contributed by atoms with E-state index in [1.807, 2.05) is 0 Å². The van der Waals surface area contributed by atoms with Gasteiger partial charge >= 0.3 is 5.82 Å². The summed E-state index contributed by atoms with van der Waals surface area (Å²) in [5.74, 6) is -0.143. The summed E-state index contributed by atoms with van der Waals surface area (Å²) < 4.78 is 2.14. The molecule has 0 fully saturated rings. The molecule has 0 saturated carbocycles. The molecule has 1 aromatic heterocycles. The molecule has 6 heteroatoms. The van der Waals surface area contributed by atoms with Gasteiger partial charge in [-0.1, -0.05) is 6.08 Å². The molecular weight excluding hydrogens is 238 g/mol. The monoisotopic (exact) mass is 245 g/mol. The third kappa shape index (κ3) is 2.38. The fraction of sp³-hybridized carbons (Fsp3) is 0.286. The minimum absolute atomic E-state index is 0.143. The molecule has 0 aliphatic heterocycles. The Morgan fingerprint density at radius 2 is 2.54 bits per heavy atom. The van der Waals surface area contributed by atoms with E-state index in [0.717, 1.165) is 6.42 Å². The van der Waals surface area contributed by atoms with Crippen LogP contribution in [0.25, 0.3) is 0 Å². The van der Waals surface area contributed by atoms with Crippen LogP contribution < -0.4 is 0 Å². The van der Waals surface area contributed by atoms with Crippen molar-refractivity contribution >= 4 is 21.7 Å². The molecule has 1 aromatic rings. The van der Waals surface area contributed by atoms with Crippen molar-refractivity contribution in [3.05, 3.63) is 33.7 Å². The van der Waals surface area contributed by atoms with Crippen molar-refractivity contribution in [1.82, 2.24) is 9.55 Å². The Labute approximate surface area is 83.4 Å². The number of nitrogens with zero attached hydrogens (tertiary/aromatic N) is 3. The Morgan fingerprint density at radius 3 is 3.00 bits per heavy atom. The van der Waals surface area contributed by atoms with Crippen LogP contribution in [0.3, 0.4) is 0 Å². The minimum Gasteiger partial charge on any atom is -0.358 e. The molecule has 0 N–H and O–H groups in total. The highest BCUT2D eigenvalue weighted by Crippen LogP contribution is 2.16. The van der Waals surface area contributed by atoms with Crippen molar-refractivity contribution in [3.63, 3.8) is 0 Å². The molecule has 0 spiro atoms. The first-order valence-electron chi connectivity index (χ1n) is 3.63. The molecule has 0 amide bonds. The van der Waals surface area contributed by atoms with E-state index in [0.29, 0.717) is 11.3 Å². The van der Waals surface area contributed by atoms with E-state index >= 15 is 0 Å². The lowest BCUT2D eigenvalue weighted by Crippen LogP contribution is -1.94. The van der Waals surface area contributed by atoms with Gasteiger partial charge in [-0.25, -0.2) is 0 Å². The fourth-order valence-electron chi connectivity index (χ4n) is 0.855. The molecule has 0 aliphatic carbocycles. The number of hydrogen-bond acceptors (Lipinski definition) is 3. The van der Waals surface area contributed by atoms with Gasteiger partial charge in [0, 0.05) is 22.5 Å². The number of allylic oxidation sites excluding steroid dienone is 1. The lowest BCUT2D eigenvalue weighted by Gasteiger charge is -1.95. The standard InChI is InChI=1S/C7H8BrN3O2/c1-2-3-4-10-5-6(11(12)13)9-7(10)8/h2,5H,1,3-4H2. The van der Waals surface area contributed by atoms with Gasteiger partial charge in [0.1, 0.15) is 6.20 Å². The highest BCUT2D eigenvalue weighted by molar-refractivity contribution is 9.10. The Kier molecular flexibility index (Phi) is 3.18. The smallest absolute Gasteiger partial charge is 0.358 e. The summed E-state index contributed by atoms with van der Waals surface area (Å²) in [6, 6.07) is 0. The number of aromatic nitrogens is 2. The summed E-state index contributed by atoms with van der Waals surface area (Å²) in [7, 11) is 0. The zero-order valence-electron chi connectivity index (χ0n) is 6.81. The maximum atomic E-state index is 10.3. The van der Waals surface area contributed by atoms with Crippen LogP contribution in [0.2, 0.25) is 0 Å². The van der Waals surface area contributed by atoms with Crippen LogP contribution in [0.5, 0.6) is 0 Å². The lowest BCUT2D eigenvalue weighted by molar-refractivity contribution is -0.389. The highest BCUT2D eigenvalue weighted by Gasteiger charge is 2.15. The number of rotatable bonds is 4. The Balaban J connectivity index is 2.83. The molecule has 1 heterocycles. The maximum Gasteiger partial charge on any atom is 0.382 e. The van der Waals surface area contributed by atoms with Gasteiger partial charge in [-0.3, -0.25) is 4.57 Å². The molecule has 0 radical (unpaired) electrons. The van der Waals surface area contributed by atoms with E-state index in [-0.39, 0.29) is 5.82 Å². The van der Waals surface area contributed by atoms with Gasteiger partial charge in [0.05, 0.1) is 0 Å². The van der Waals surface area contributed by atoms with Crippen LogP contribution in [0.1, 0.15) is 6.42 Å². The first-order chi connectivity index (χ1) is 6.15. The van der Waals surface area contributed by atoms with E-state index in [2.05, 4.69) is 27.5 Å². The summed E-state index contributed by atoms with van der Waals surface area (Å²) >= 11 is 3.13. The minimum atomic E-state index is -0.519. The molecule has 0 atom stereocenters. The second kappa shape index (κ2) is 4.18. The summed E-state index contributed by atoms with van der Waals surface area (Å²) in [6.45, 7) is 4.21. The molecule has 70 valence electrons. The molecule has 5 nitrogen and oxygen atoms in total. The van der Waals surface area contributed by atoms with Crippen LogP contribution >= 0.6 is 15.9 Å². The SMILES string of the molecule is C=CCCn1cc([N+](=O)[O-])nc1Br. The maximum absolute atomic E-state index is 10.3. The van der Waals surface area contributed by atoms with Crippen molar-refractivity contribution in [1.29, 1.82) is 0 Å². The topological polar surface area (TPSA) is 61.0 Å².